The van der Waals surface area contributed by atoms with Crippen molar-refractivity contribution in [3.05, 3.63) is 21.3 Å². The third-order valence-corrected chi connectivity index (χ3v) is 4.05. The molecular formula is C10H12ClNOS. The molecule has 1 aromatic heterocycles. The van der Waals surface area contributed by atoms with Crippen LogP contribution < -0.4 is 5.32 Å². The van der Waals surface area contributed by atoms with Gasteiger partial charge in [-0.3, -0.25) is 4.79 Å². The summed E-state index contributed by atoms with van der Waals surface area (Å²) in [7, 11) is 0. The fourth-order valence-corrected chi connectivity index (χ4v) is 3.11. The van der Waals surface area contributed by atoms with E-state index in [0.29, 0.717) is 5.92 Å². The van der Waals surface area contributed by atoms with Crippen LogP contribution >= 0.6 is 22.9 Å². The minimum absolute atomic E-state index is 0.0890. The van der Waals surface area contributed by atoms with Gasteiger partial charge in [-0.2, -0.15) is 0 Å². The smallest absolute Gasteiger partial charge is 0.226 e. The van der Waals surface area contributed by atoms with Gasteiger partial charge in [0, 0.05) is 4.88 Å². The topological polar surface area (TPSA) is 29.1 Å². The Labute approximate surface area is 92.3 Å². The highest BCUT2D eigenvalue weighted by Gasteiger charge is 2.43. The van der Waals surface area contributed by atoms with Crippen molar-refractivity contribution >= 4 is 28.8 Å². The standard InChI is InChI=1S/C10H12ClNOS/c1-5(2)7-8(12-10(7)13)9-6(11)3-4-14-9/h3-5,7-8H,1-2H3,(H,12,13). The summed E-state index contributed by atoms with van der Waals surface area (Å²) in [6, 6.07) is 2.01. The fourth-order valence-electron chi connectivity index (χ4n) is 1.84. The molecule has 1 saturated heterocycles. The Morgan fingerprint density at radius 3 is 2.71 bits per heavy atom. The maximum atomic E-state index is 11.3. The lowest BCUT2D eigenvalue weighted by Gasteiger charge is -2.39. The number of carbonyl (C=O) groups is 1. The molecule has 4 heteroatoms. The molecule has 0 saturated carbocycles. The molecule has 2 unspecified atom stereocenters. The maximum absolute atomic E-state index is 11.3. The molecule has 1 aromatic rings. The average molecular weight is 230 g/mol. The molecule has 2 heterocycles. The molecule has 2 atom stereocenters. The van der Waals surface area contributed by atoms with Crippen LogP contribution in [0.1, 0.15) is 24.8 Å². The Balaban J connectivity index is 2.22. The van der Waals surface area contributed by atoms with E-state index in [1.807, 2.05) is 11.4 Å². The van der Waals surface area contributed by atoms with Gasteiger partial charge in [-0.1, -0.05) is 25.4 Å². The van der Waals surface area contributed by atoms with Crippen molar-refractivity contribution in [3.63, 3.8) is 0 Å². The zero-order valence-corrected chi connectivity index (χ0v) is 9.65. The molecule has 0 spiro atoms. The normalized spacial score (nSPS) is 26.1. The summed E-state index contributed by atoms with van der Waals surface area (Å²) in [5, 5.41) is 5.63. The van der Waals surface area contributed by atoms with Crippen LogP contribution in [0.3, 0.4) is 0 Å². The lowest BCUT2D eigenvalue weighted by Crippen LogP contribution is -2.53. The van der Waals surface area contributed by atoms with E-state index < -0.39 is 0 Å². The maximum Gasteiger partial charge on any atom is 0.226 e. The summed E-state index contributed by atoms with van der Waals surface area (Å²) in [6.45, 7) is 4.13. The lowest BCUT2D eigenvalue weighted by molar-refractivity contribution is -0.137. The number of thiophene rings is 1. The average Bonchev–Trinajstić information content (AvgIpc) is 2.45. The van der Waals surface area contributed by atoms with E-state index in [1.165, 1.54) is 0 Å². The van der Waals surface area contributed by atoms with Gasteiger partial charge in [0.1, 0.15) is 0 Å². The van der Waals surface area contributed by atoms with E-state index >= 15 is 0 Å². The minimum atomic E-state index is 0.0890. The van der Waals surface area contributed by atoms with E-state index in [-0.39, 0.29) is 17.9 Å². The number of rotatable bonds is 2. The van der Waals surface area contributed by atoms with E-state index in [9.17, 15) is 4.79 Å². The third-order valence-electron chi connectivity index (χ3n) is 2.61. The third kappa shape index (κ3) is 1.44. The SMILES string of the molecule is CC(C)C1C(=O)NC1c1sccc1Cl. The van der Waals surface area contributed by atoms with Crippen molar-refractivity contribution in [2.24, 2.45) is 11.8 Å². The minimum Gasteiger partial charge on any atom is -0.347 e. The molecule has 2 rings (SSSR count). The van der Waals surface area contributed by atoms with Crippen molar-refractivity contribution in [1.82, 2.24) is 5.32 Å². The molecule has 1 fully saturated rings. The van der Waals surface area contributed by atoms with Crippen LogP contribution in [-0.4, -0.2) is 5.91 Å². The molecule has 14 heavy (non-hydrogen) atoms. The Morgan fingerprint density at radius 2 is 2.29 bits per heavy atom. The first-order valence-electron chi connectivity index (χ1n) is 4.64. The highest BCUT2D eigenvalue weighted by molar-refractivity contribution is 7.10. The van der Waals surface area contributed by atoms with Gasteiger partial charge in [-0.05, 0) is 17.4 Å². The van der Waals surface area contributed by atoms with Crippen LogP contribution in [0.25, 0.3) is 0 Å². The number of hydrogen-bond acceptors (Lipinski definition) is 2. The largest absolute Gasteiger partial charge is 0.347 e. The van der Waals surface area contributed by atoms with E-state index in [4.69, 9.17) is 11.6 Å². The second kappa shape index (κ2) is 3.55. The number of nitrogens with one attached hydrogen (secondary N) is 1. The summed E-state index contributed by atoms with van der Waals surface area (Å²) in [5.41, 5.74) is 0. The van der Waals surface area contributed by atoms with Gasteiger partial charge in [0.05, 0.1) is 17.0 Å². The van der Waals surface area contributed by atoms with Crippen LogP contribution in [0.15, 0.2) is 11.4 Å². The molecule has 2 nitrogen and oxygen atoms in total. The molecule has 1 N–H and O–H groups in total. The predicted molar refractivity (Wildman–Crippen MR) is 58.5 cm³/mol. The molecular weight excluding hydrogens is 218 g/mol. The molecule has 0 bridgehead atoms. The molecule has 0 radical (unpaired) electrons. The van der Waals surface area contributed by atoms with Crippen molar-refractivity contribution in [1.29, 1.82) is 0 Å². The van der Waals surface area contributed by atoms with Gasteiger partial charge in [-0.25, -0.2) is 0 Å². The number of halogens is 1. The second-order valence-corrected chi connectivity index (χ2v) is 5.24. The Morgan fingerprint density at radius 1 is 1.57 bits per heavy atom. The van der Waals surface area contributed by atoms with Crippen LogP contribution in [0.5, 0.6) is 0 Å². The van der Waals surface area contributed by atoms with Gasteiger partial charge in [-0.15, -0.1) is 11.3 Å². The summed E-state index contributed by atoms with van der Waals surface area (Å²) in [6.07, 6.45) is 0. The summed E-state index contributed by atoms with van der Waals surface area (Å²) < 4.78 is 0. The Bertz CT molecular complexity index is 361. The van der Waals surface area contributed by atoms with Crippen LogP contribution in [-0.2, 0) is 4.79 Å². The summed E-state index contributed by atoms with van der Waals surface area (Å²) >= 11 is 7.63. The second-order valence-electron chi connectivity index (χ2n) is 3.89. The van der Waals surface area contributed by atoms with Crippen LogP contribution in [0.4, 0.5) is 0 Å². The zero-order valence-electron chi connectivity index (χ0n) is 8.08. The highest BCUT2D eigenvalue weighted by atomic mass is 35.5. The summed E-state index contributed by atoms with van der Waals surface area (Å²) in [5.74, 6) is 0.604. The molecule has 1 aliphatic rings. The van der Waals surface area contributed by atoms with Crippen molar-refractivity contribution in [2.45, 2.75) is 19.9 Å². The van der Waals surface area contributed by atoms with E-state index in [0.717, 1.165) is 9.90 Å². The van der Waals surface area contributed by atoms with Gasteiger partial charge in [0.15, 0.2) is 0 Å². The summed E-state index contributed by atoms with van der Waals surface area (Å²) in [4.78, 5) is 12.4. The first kappa shape index (κ1) is 9.99. The molecule has 0 aliphatic carbocycles. The monoisotopic (exact) mass is 229 g/mol. The van der Waals surface area contributed by atoms with Crippen molar-refractivity contribution in [2.75, 3.05) is 0 Å². The number of carbonyl (C=O) groups excluding carboxylic acids is 1. The van der Waals surface area contributed by atoms with Gasteiger partial charge < -0.3 is 5.32 Å². The predicted octanol–water partition coefficient (Wildman–Crippen LogP) is 2.84. The molecule has 0 aromatic carbocycles. The first-order valence-corrected chi connectivity index (χ1v) is 5.90. The van der Waals surface area contributed by atoms with Gasteiger partial charge in [0.2, 0.25) is 5.91 Å². The number of amides is 1. The number of hydrogen-bond donors (Lipinski definition) is 1. The van der Waals surface area contributed by atoms with Crippen LogP contribution in [0, 0.1) is 11.8 Å². The fraction of sp³-hybridized carbons (Fsp3) is 0.500. The molecule has 1 amide bonds. The zero-order chi connectivity index (χ0) is 10.3. The van der Waals surface area contributed by atoms with Crippen LogP contribution in [0.2, 0.25) is 5.02 Å². The Hall–Kier alpha value is -0.540. The lowest BCUT2D eigenvalue weighted by atomic mass is 9.80. The molecule has 76 valence electrons. The molecule has 1 aliphatic heterocycles. The van der Waals surface area contributed by atoms with Gasteiger partial charge in [0.25, 0.3) is 0 Å². The quantitative estimate of drug-likeness (QED) is 0.777. The first-order chi connectivity index (χ1) is 6.61. The highest BCUT2D eigenvalue weighted by Crippen LogP contribution is 2.41. The van der Waals surface area contributed by atoms with Crippen molar-refractivity contribution < 1.29 is 4.79 Å². The van der Waals surface area contributed by atoms with Gasteiger partial charge >= 0.3 is 0 Å². The Kier molecular flexibility index (Phi) is 2.54. The van der Waals surface area contributed by atoms with Crippen molar-refractivity contribution in [3.8, 4) is 0 Å². The van der Waals surface area contributed by atoms with E-state index in [2.05, 4.69) is 19.2 Å². The van der Waals surface area contributed by atoms with E-state index in [1.54, 1.807) is 11.3 Å². The number of β-lactam (4-membered cyclic amide) rings is 1.